The molecule has 0 aliphatic heterocycles. The summed E-state index contributed by atoms with van der Waals surface area (Å²) in [7, 11) is 1.62. The quantitative estimate of drug-likeness (QED) is 0.707. The fraction of sp³-hybridized carbons (Fsp3) is 0.0909. The van der Waals surface area contributed by atoms with Crippen LogP contribution >= 0.6 is 0 Å². The van der Waals surface area contributed by atoms with Gasteiger partial charge in [0.05, 0.1) is 7.11 Å². The molecule has 0 saturated heterocycles. The van der Waals surface area contributed by atoms with Crippen LogP contribution in [-0.4, -0.2) is 12.2 Å². The molecule has 3 aromatic carbocycles. The second-order valence-corrected chi connectivity index (χ2v) is 5.52. The number of ether oxygens (including phenoxy) is 2. The topological polar surface area (TPSA) is 38.7 Å². The number of aliphatic hydroxyl groups is 1. The molecule has 0 amide bonds. The summed E-state index contributed by atoms with van der Waals surface area (Å²) in [5.74, 6) is 4.61. The standard InChI is InChI=1S/C22H18O3/c1-3-22(23,17-7-5-4-6-8-17)18-9-11-20(12-10-18)25-21-15-13-19(24-2)14-16-21/h1,4-16,23H,2H3. The molecular weight excluding hydrogens is 312 g/mol. The zero-order chi connectivity index (χ0) is 17.7. The van der Waals surface area contributed by atoms with Crippen molar-refractivity contribution in [1.82, 2.24) is 0 Å². The number of hydrogen-bond donors (Lipinski definition) is 1. The largest absolute Gasteiger partial charge is 0.497 e. The summed E-state index contributed by atoms with van der Waals surface area (Å²) >= 11 is 0. The van der Waals surface area contributed by atoms with Gasteiger partial charge in [0.1, 0.15) is 17.2 Å². The lowest BCUT2D eigenvalue weighted by Crippen LogP contribution is -2.24. The molecule has 0 fully saturated rings. The van der Waals surface area contributed by atoms with E-state index in [1.165, 1.54) is 0 Å². The molecule has 0 aliphatic carbocycles. The van der Waals surface area contributed by atoms with Crippen molar-refractivity contribution in [3.63, 3.8) is 0 Å². The molecule has 0 spiro atoms. The van der Waals surface area contributed by atoms with E-state index in [0.717, 1.165) is 5.75 Å². The summed E-state index contributed by atoms with van der Waals surface area (Å²) in [4.78, 5) is 0. The highest BCUT2D eigenvalue weighted by Gasteiger charge is 2.28. The molecule has 1 atom stereocenters. The predicted molar refractivity (Wildman–Crippen MR) is 97.8 cm³/mol. The minimum Gasteiger partial charge on any atom is -0.497 e. The first-order valence-corrected chi connectivity index (χ1v) is 7.84. The van der Waals surface area contributed by atoms with Crippen LogP contribution in [0.5, 0.6) is 17.2 Å². The third-order valence-electron chi connectivity index (χ3n) is 3.97. The second-order valence-electron chi connectivity index (χ2n) is 5.52. The van der Waals surface area contributed by atoms with Gasteiger partial charge in [-0.3, -0.25) is 0 Å². The number of methoxy groups -OCH3 is 1. The van der Waals surface area contributed by atoms with Crippen LogP contribution in [-0.2, 0) is 5.60 Å². The van der Waals surface area contributed by atoms with E-state index in [4.69, 9.17) is 15.9 Å². The fourth-order valence-corrected chi connectivity index (χ4v) is 2.56. The van der Waals surface area contributed by atoms with Crippen molar-refractivity contribution < 1.29 is 14.6 Å². The van der Waals surface area contributed by atoms with Gasteiger partial charge in [0, 0.05) is 11.1 Å². The van der Waals surface area contributed by atoms with Crippen LogP contribution in [0.3, 0.4) is 0 Å². The number of benzene rings is 3. The molecule has 0 bridgehead atoms. The third-order valence-corrected chi connectivity index (χ3v) is 3.97. The van der Waals surface area contributed by atoms with Gasteiger partial charge in [-0.05, 0) is 36.4 Å². The van der Waals surface area contributed by atoms with Crippen molar-refractivity contribution in [2.75, 3.05) is 7.11 Å². The molecule has 1 unspecified atom stereocenters. The highest BCUT2D eigenvalue weighted by molar-refractivity contribution is 5.45. The van der Waals surface area contributed by atoms with Gasteiger partial charge < -0.3 is 14.6 Å². The average molecular weight is 330 g/mol. The number of rotatable bonds is 5. The molecule has 3 aromatic rings. The minimum atomic E-state index is -1.47. The van der Waals surface area contributed by atoms with E-state index < -0.39 is 5.60 Å². The summed E-state index contributed by atoms with van der Waals surface area (Å²) in [6.45, 7) is 0. The van der Waals surface area contributed by atoms with E-state index in [0.29, 0.717) is 22.6 Å². The molecule has 1 N–H and O–H groups in total. The SMILES string of the molecule is C#CC(O)(c1ccccc1)c1ccc(Oc2ccc(OC)cc2)cc1. The van der Waals surface area contributed by atoms with E-state index in [9.17, 15) is 5.11 Å². The molecule has 0 aromatic heterocycles. The van der Waals surface area contributed by atoms with Crippen molar-refractivity contribution in [2.24, 2.45) is 0 Å². The molecule has 3 nitrogen and oxygen atoms in total. The summed E-state index contributed by atoms with van der Waals surface area (Å²) in [6.07, 6.45) is 5.62. The molecule has 0 heterocycles. The summed E-state index contributed by atoms with van der Waals surface area (Å²) in [5, 5.41) is 10.9. The van der Waals surface area contributed by atoms with Gasteiger partial charge in [-0.15, -0.1) is 6.42 Å². The molecule has 0 radical (unpaired) electrons. The first kappa shape index (κ1) is 16.6. The summed E-state index contributed by atoms with van der Waals surface area (Å²) in [6, 6.07) is 23.6. The first-order chi connectivity index (χ1) is 12.2. The highest BCUT2D eigenvalue weighted by atomic mass is 16.5. The van der Waals surface area contributed by atoms with Crippen LogP contribution in [0.4, 0.5) is 0 Å². The normalized spacial score (nSPS) is 12.7. The maximum absolute atomic E-state index is 10.9. The summed E-state index contributed by atoms with van der Waals surface area (Å²) < 4.78 is 10.9. The zero-order valence-electron chi connectivity index (χ0n) is 13.8. The molecule has 3 heteroatoms. The van der Waals surface area contributed by atoms with Crippen LogP contribution in [0.25, 0.3) is 0 Å². The Morgan fingerprint density at radius 3 is 1.76 bits per heavy atom. The van der Waals surface area contributed by atoms with E-state index in [-0.39, 0.29) is 0 Å². The van der Waals surface area contributed by atoms with Crippen LogP contribution in [0.1, 0.15) is 11.1 Å². The van der Waals surface area contributed by atoms with Gasteiger partial charge in [0.25, 0.3) is 0 Å². The molecule has 3 rings (SSSR count). The molecule has 0 saturated carbocycles. The maximum atomic E-state index is 10.9. The Bertz CT molecular complexity index is 862. The number of terminal acetylenes is 1. The van der Waals surface area contributed by atoms with Crippen LogP contribution in [0.2, 0.25) is 0 Å². The highest BCUT2D eigenvalue weighted by Crippen LogP contribution is 2.31. The average Bonchev–Trinajstić information content (AvgIpc) is 2.69. The Balaban J connectivity index is 1.82. The van der Waals surface area contributed by atoms with Crippen molar-refractivity contribution >= 4 is 0 Å². The van der Waals surface area contributed by atoms with Gasteiger partial charge in [0.15, 0.2) is 5.60 Å². The van der Waals surface area contributed by atoms with Gasteiger partial charge in [-0.2, -0.15) is 0 Å². The smallest absolute Gasteiger partial charge is 0.176 e. The predicted octanol–water partition coefficient (Wildman–Crippen LogP) is 4.36. The molecule has 0 aliphatic rings. The van der Waals surface area contributed by atoms with Gasteiger partial charge in [-0.1, -0.05) is 48.4 Å². The Kier molecular flexibility index (Phi) is 4.74. The lowest BCUT2D eigenvalue weighted by Gasteiger charge is -2.23. The second kappa shape index (κ2) is 7.12. The Hall–Kier alpha value is -3.22. The van der Waals surface area contributed by atoms with Crippen molar-refractivity contribution in [3.8, 4) is 29.6 Å². The number of hydrogen-bond acceptors (Lipinski definition) is 3. The van der Waals surface area contributed by atoms with Crippen LogP contribution < -0.4 is 9.47 Å². The Labute approximate surface area is 147 Å². The fourth-order valence-electron chi connectivity index (χ4n) is 2.56. The monoisotopic (exact) mass is 330 g/mol. The van der Waals surface area contributed by atoms with E-state index >= 15 is 0 Å². The maximum Gasteiger partial charge on any atom is 0.176 e. The zero-order valence-corrected chi connectivity index (χ0v) is 13.8. The first-order valence-electron chi connectivity index (χ1n) is 7.84. The van der Waals surface area contributed by atoms with Crippen LogP contribution in [0, 0.1) is 12.3 Å². The van der Waals surface area contributed by atoms with Crippen molar-refractivity contribution in [1.29, 1.82) is 0 Å². The molecular formula is C22H18O3. The van der Waals surface area contributed by atoms with Gasteiger partial charge >= 0.3 is 0 Å². The van der Waals surface area contributed by atoms with E-state index in [1.54, 1.807) is 31.4 Å². The van der Waals surface area contributed by atoms with E-state index in [1.807, 2.05) is 54.6 Å². The molecule has 25 heavy (non-hydrogen) atoms. The van der Waals surface area contributed by atoms with Crippen molar-refractivity contribution in [3.05, 3.63) is 90.0 Å². The van der Waals surface area contributed by atoms with Gasteiger partial charge in [-0.25, -0.2) is 0 Å². The van der Waals surface area contributed by atoms with Crippen molar-refractivity contribution in [2.45, 2.75) is 5.60 Å². The lowest BCUT2D eigenvalue weighted by atomic mass is 9.87. The minimum absolute atomic E-state index is 0.614. The summed E-state index contributed by atoms with van der Waals surface area (Å²) in [5.41, 5.74) is -0.204. The van der Waals surface area contributed by atoms with Gasteiger partial charge in [0.2, 0.25) is 0 Å². The Morgan fingerprint density at radius 1 is 0.760 bits per heavy atom. The lowest BCUT2D eigenvalue weighted by molar-refractivity contribution is 0.145. The molecule has 124 valence electrons. The van der Waals surface area contributed by atoms with Crippen LogP contribution in [0.15, 0.2) is 78.9 Å². The third kappa shape index (κ3) is 3.50. The van der Waals surface area contributed by atoms with E-state index in [2.05, 4.69) is 5.92 Å². The Morgan fingerprint density at radius 2 is 1.24 bits per heavy atom.